The summed E-state index contributed by atoms with van der Waals surface area (Å²) in [6.45, 7) is 3.31. The highest BCUT2D eigenvalue weighted by Crippen LogP contribution is 2.22. The number of carbonyl (C=O) groups excluding carboxylic acids is 1. The van der Waals surface area contributed by atoms with Crippen LogP contribution in [0.4, 0.5) is 0 Å². The second-order valence-corrected chi connectivity index (χ2v) is 5.14. The van der Waals surface area contributed by atoms with Crippen LogP contribution in [-0.2, 0) is 9.53 Å². The molecule has 17 heavy (non-hydrogen) atoms. The molecule has 2 unspecified atom stereocenters. The van der Waals surface area contributed by atoms with Gasteiger partial charge < -0.3 is 9.84 Å². The first-order chi connectivity index (χ1) is 8.31. The summed E-state index contributed by atoms with van der Waals surface area (Å²) >= 11 is 0. The van der Waals surface area contributed by atoms with E-state index in [1.54, 1.807) is 0 Å². The zero-order chi connectivity index (χ0) is 12.1. The lowest BCUT2D eigenvalue weighted by Gasteiger charge is -2.38. The SMILES string of the molecule is O=C1CCOCC1CN1CCCCC1CCO. The number of piperidine rings is 1. The van der Waals surface area contributed by atoms with Crippen molar-refractivity contribution in [1.82, 2.24) is 4.90 Å². The summed E-state index contributed by atoms with van der Waals surface area (Å²) in [7, 11) is 0. The van der Waals surface area contributed by atoms with E-state index < -0.39 is 0 Å². The van der Waals surface area contributed by atoms with Gasteiger partial charge in [-0.1, -0.05) is 6.42 Å². The van der Waals surface area contributed by atoms with E-state index in [1.165, 1.54) is 12.8 Å². The molecule has 0 aromatic carbocycles. The minimum atomic E-state index is 0.0584. The Morgan fingerprint density at radius 3 is 3.06 bits per heavy atom. The van der Waals surface area contributed by atoms with Crippen LogP contribution in [0, 0.1) is 5.92 Å². The number of carbonyl (C=O) groups is 1. The van der Waals surface area contributed by atoms with Gasteiger partial charge in [0.25, 0.3) is 0 Å². The molecule has 4 heteroatoms. The fraction of sp³-hybridized carbons (Fsp3) is 0.923. The average molecular weight is 241 g/mol. The Bertz CT molecular complexity index is 255. The minimum Gasteiger partial charge on any atom is -0.396 e. The van der Waals surface area contributed by atoms with Crippen molar-refractivity contribution in [2.75, 3.05) is 32.9 Å². The van der Waals surface area contributed by atoms with Gasteiger partial charge >= 0.3 is 0 Å². The zero-order valence-electron chi connectivity index (χ0n) is 10.4. The molecule has 0 aromatic rings. The number of aliphatic hydroxyl groups excluding tert-OH is 1. The number of aliphatic hydroxyl groups is 1. The van der Waals surface area contributed by atoms with Crippen LogP contribution in [0.2, 0.25) is 0 Å². The number of nitrogens with zero attached hydrogens (tertiary/aromatic N) is 1. The van der Waals surface area contributed by atoms with E-state index in [0.717, 1.165) is 25.9 Å². The molecule has 2 heterocycles. The Morgan fingerprint density at radius 2 is 2.29 bits per heavy atom. The lowest BCUT2D eigenvalue weighted by molar-refractivity contribution is -0.131. The predicted octanol–water partition coefficient (Wildman–Crippen LogP) is 0.829. The molecule has 2 aliphatic heterocycles. The van der Waals surface area contributed by atoms with Gasteiger partial charge in [-0.15, -0.1) is 0 Å². The van der Waals surface area contributed by atoms with E-state index in [-0.39, 0.29) is 12.5 Å². The maximum Gasteiger partial charge on any atom is 0.141 e. The first kappa shape index (κ1) is 13.0. The summed E-state index contributed by atoms with van der Waals surface area (Å²) in [6, 6.07) is 0.462. The molecule has 2 saturated heterocycles. The van der Waals surface area contributed by atoms with Crippen molar-refractivity contribution in [2.45, 2.75) is 38.1 Å². The molecule has 0 amide bonds. The van der Waals surface area contributed by atoms with Crippen LogP contribution in [0.25, 0.3) is 0 Å². The van der Waals surface area contributed by atoms with Gasteiger partial charge in [-0.2, -0.15) is 0 Å². The largest absolute Gasteiger partial charge is 0.396 e. The lowest BCUT2D eigenvalue weighted by atomic mass is 9.95. The van der Waals surface area contributed by atoms with E-state index >= 15 is 0 Å². The topological polar surface area (TPSA) is 49.8 Å². The molecule has 0 spiro atoms. The molecule has 0 bridgehead atoms. The zero-order valence-corrected chi connectivity index (χ0v) is 10.4. The molecule has 1 N–H and O–H groups in total. The van der Waals surface area contributed by atoms with Crippen molar-refractivity contribution in [2.24, 2.45) is 5.92 Å². The van der Waals surface area contributed by atoms with Crippen molar-refractivity contribution in [1.29, 1.82) is 0 Å². The van der Waals surface area contributed by atoms with E-state index in [1.807, 2.05) is 0 Å². The van der Waals surface area contributed by atoms with Crippen LogP contribution in [0.5, 0.6) is 0 Å². The summed E-state index contributed by atoms with van der Waals surface area (Å²) in [6.07, 6.45) is 5.02. The summed E-state index contributed by atoms with van der Waals surface area (Å²) < 4.78 is 5.39. The predicted molar refractivity (Wildman–Crippen MR) is 64.8 cm³/mol. The molecule has 4 nitrogen and oxygen atoms in total. The van der Waals surface area contributed by atoms with E-state index in [9.17, 15) is 4.79 Å². The smallest absolute Gasteiger partial charge is 0.141 e. The fourth-order valence-corrected chi connectivity index (χ4v) is 2.91. The number of rotatable bonds is 4. The molecule has 0 aliphatic carbocycles. The van der Waals surface area contributed by atoms with Gasteiger partial charge in [0.2, 0.25) is 0 Å². The Balaban J connectivity index is 1.88. The summed E-state index contributed by atoms with van der Waals surface area (Å²) in [5, 5.41) is 9.08. The van der Waals surface area contributed by atoms with Gasteiger partial charge in [0, 0.05) is 25.6 Å². The summed E-state index contributed by atoms with van der Waals surface area (Å²) in [5.74, 6) is 0.410. The van der Waals surface area contributed by atoms with Gasteiger partial charge in [-0.05, 0) is 25.8 Å². The molecular weight excluding hydrogens is 218 g/mol. The van der Waals surface area contributed by atoms with Crippen molar-refractivity contribution < 1.29 is 14.6 Å². The van der Waals surface area contributed by atoms with Crippen LogP contribution in [-0.4, -0.2) is 54.7 Å². The second kappa shape index (κ2) is 6.47. The molecule has 2 atom stereocenters. The van der Waals surface area contributed by atoms with Crippen LogP contribution in [0.15, 0.2) is 0 Å². The first-order valence-electron chi connectivity index (χ1n) is 6.76. The minimum absolute atomic E-state index is 0.0584. The second-order valence-electron chi connectivity index (χ2n) is 5.14. The molecule has 2 rings (SSSR count). The number of Topliss-reactive ketones (excluding diaryl/α,β-unsaturated/α-hetero) is 1. The monoisotopic (exact) mass is 241 g/mol. The van der Waals surface area contributed by atoms with Crippen molar-refractivity contribution in [3.8, 4) is 0 Å². The standard InChI is InChI=1S/C13H23NO3/c15-7-4-12-3-1-2-6-14(12)9-11-10-17-8-5-13(11)16/h11-12,15H,1-10H2. The third-order valence-corrected chi connectivity index (χ3v) is 3.93. The van der Waals surface area contributed by atoms with Crippen molar-refractivity contribution in [3.05, 3.63) is 0 Å². The molecule has 98 valence electrons. The first-order valence-corrected chi connectivity index (χ1v) is 6.76. The average Bonchev–Trinajstić information content (AvgIpc) is 2.35. The van der Waals surface area contributed by atoms with Crippen LogP contribution >= 0.6 is 0 Å². The van der Waals surface area contributed by atoms with E-state index in [2.05, 4.69) is 4.90 Å². The summed E-state index contributed by atoms with van der Waals surface area (Å²) in [5.41, 5.74) is 0. The Labute approximate surface area is 103 Å². The fourth-order valence-electron chi connectivity index (χ4n) is 2.91. The van der Waals surface area contributed by atoms with Gasteiger partial charge in [-0.3, -0.25) is 9.69 Å². The Morgan fingerprint density at radius 1 is 1.41 bits per heavy atom. The lowest BCUT2D eigenvalue weighted by Crippen LogP contribution is -2.46. The number of likely N-dealkylation sites (tertiary alicyclic amines) is 1. The molecule has 2 fully saturated rings. The highest BCUT2D eigenvalue weighted by atomic mass is 16.5. The van der Waals surface area contributed by atoms with Crippen LogP contribution in [0.3, 0.4) is 0 Å². The van der Waals surface area contributed by atoms with Crippen LogP contribution in [0.1, 0.15) is 32.1 Å². The van der Waals surface area contributed by atoms with Gasteiger partial charge in [0.15, 0.2) is 0 Å². The Hall–Kier alpha value is -0.450. The van der Waals surface area contributed by atoms with Crippen molar-refractivity contribution in [3.63, 3.8) is 0 Å². The number of hydrogen-bond donors (Lipinski definition) is 1. The Kier molecular flexibility index (Phi) is 4.95. The van der Waals surface area contributed by atoms with Gasteiger partial charge in [0.05, 0.1) is 19.1 Å². The number of ketones is 1. The third-order valence-electron chi connectivity index (χ3n) is 3.93. The number of hydrogen-bond acceptors (Lipinski definition) is 4. The molecular formula is C13H23NO3. The van der Waals surface area contributed by atoms with Gasteiger partial charge in [-0.25, -0.2) is 0 Å². The highest BCUT2D eigenvalue weighted by Gasteiger charge is 2.29. The molecule has 0 aromatic heterocycles. The molecule has 2 aliphatic rings. The third kappa shape index (κ3) is 3.50. The highest BCUT2D eigenvalue weighted by molar-refractivity contribution is 5.82. The van der Waals surface area contributed by atoms with Crippen molar-refractivity contribution >= 4 is 5.78 Å². The molecule has 0 radical (unpaired) electrons. The quantitative estimate of drug-likeness (QED) is 0.792. The maximum absolute atomic E-state index is 11.8. The normalized spacial score (nSPS) is 31.7. The van der Waals surface area contributed by atoms with E-state index in [4.69, 9.17) is 9.84 Å². The van der Waals surface area contributed by atoms with E-state index in [0.29, 0.717) is 31.5 Å². The number of ether oxygens (including phenoxy) is 1. The molecule has 0 saturated carbocycles. The maximum atomic E-state index is 11.8. The van der Waals surface area contributed by atoms with Gasteiger partial charge in [0.1, 0.15) is 5.78 Å². The van der Waals surface area contributed by atoms with Crippen LogP contribution < -0.4 is 0 Å². The summed E-state index contributed by atoms with van der Waals surface area (Å²) in [4.78, 5) is 14.2.